The molecule has 0 aromatic heterocycles. The van der Waals surface area contributed by atoms with Crippen molar-refractivity contribution in [3.05, 3.63) is 53.6 Å². The molecule has 10 heteroatoms. The van der Waals surface area contributed by atoms with E-state index in [0.717, 1.165) is 4.31 Å². The van der Waals surface area contributed by atoms with E-state index >= 15 is 0 Å². The minimum Gasteiger partial charge on any atom is -0.494 e. The second kappa shape index (κ2) is 10.5. The van der Waals surface area contributed by atoms with E-state index in [1.807, 2.05) is 6.92 Å². The molecule has 0 aliphatic carbocycles. The molecule has 8 nitrogen and oxygen atoms in total. The molecule has 0 radical (unpaired) electrons. The van der Waals surface area contributed by atoms with Gasteiger partial charge in [-0.15, -0.1) is 0 Å². The van der Waals surface area contributed by atoms with Crippen molar-refractivity contribution in [1.29, 1.82) is 0 Å². The van der Waals surface area contributed by atoms with Gasteiger partial charge in [0.2, 0.25) is 5.91 Å². The highest BCUT2D eigenvalue weighted by Gasteiger charge is 2.30. The Kier molecular flexibility index (Phi) is 8.29. The number of nitrogens with zero attached hydrogens (tertiary/aromatic N) is 1. The largest absolute Gasteiger partial charge is 0.494 e. The van der Waals surface area contributed by atoms with Crippen molar-refractivity contribution >= 4 is 39.2 Å². The van der Waals surface area contributed by atoms with Gasteiger partial charge in [0.15, 0.2) is 0 Å². The molecule has 2 rings (SSSR count). The Morgan fingerprint density at radius 3 is 2.16 bits per heavy atom. The van der Waals surface area contributed by atoms with Crippen LogP contribution in [-0.4, -0.2) is 44.6 Å². The maximum absolute atomic E-state index is 13.3. The van der Waals surface area contributed by atoms with Gasteiger partial charge in [0.1, 0.15) is 18.3 Å². The Balaban J connectivity index is 2.39. The van der Waals surface area contributed by atoms with Crippen molar-refractivity contribution in [3.8, 4) is 5.75 Å². The lowest BCUT2D eigenvalue weighted by atomic mass is 10.1. The molecule has 0 heterocycles. The van der Waals surface area contributed by atoms with E-state index in [2.05, 4.69) is 5.32 Å². The normalized spacial score (nSPS) is 12.3. The number of carbonyl (C=O) groups is 2. The topological polar surface area (TPSA) is 113 Å². The second-order valence-corrected chi connectivity index (χ2v) is 9.32. The maximum atomic E-state index is 13.3. The van der Waals surface area contributed by atoms with Gasteiger partial charge >= 0.3 is 5.97 Å². The SMILES string of the molecule is CCOc1ccc(S(=O)(=O)N(CC(=O)NC(C(=O)O)C(C)C)c2ccc(Cl)cc2)cc1. The molecule has 168 valence electrons. The number of carboxylic acid groups (broad SMARTS) is 1. The summed E-state index contributed by atoms with van der Waals surface area (Å²) in [7, 11) is -4.14. The number of aliphatic carboxylic acids is 1. The van der Waals surface area contributed by atoms with Crippen molar-refractivity contribution in [2.45, 2.75) is 31.7 Å². The third kappa shape index (κ3) is 6.35. The van der Waals surface area contributed by atoms with Crippen molar-refractivity contribution in [1.82, 2.24) is 5.32 Å². The van der Waals surface area contributed by atoms with Gasteiger partial charge in [-0.05, 0) is 61.4 Å². The Bertz CT molecular complexity index is 1010. The van der Waals surface area contributed by atoms with Gasteiger partial charge in [0.05, 0.1) is 17.2 Å². The monoisotopic (exact) mass is 468 g/mol. The molecule has 0 spiro atoms. The number of sulfonamides is 1. The molecule has 0 fully saturated rings. The molecule has 0 saturated heterocycles. The van der Waals surface area contributed by atoms with Crippen LogP contribution in [0, 0.1) is 5.92 Å². The molecule has 1 unspecified atom stereocenters. The first kappa shape index (κ1) is 24.5. The smallest absolute Gasteiger partial charge is 0.326 e. The zero-order valence-electron chi connectivity index (χ0n) is 17.4. The number of hydrogen-bond donors (Lipinski definition) is 2. The van der Waals surface area contributed by atoms with E-state index in [1.54, 1.807) is 13.8 Å². The lowest BCUT2D eigenvalue weighted by molar-refractivity contribution is -0.142. The summed E-state index contributed by atoms with van der Waals surface area (Å²) in [6.45, 7) is 4.93. The van der Waals surface area contributed by atoms with Crippen LogP contribution < -0.4 is 14.4 Å². The molecule has 1 atom stereocenters. The van der Waals surface area contributed by atoms with Crippen LogP contribution in [0.2, 0.25) is 5.02 Å². The van der Waals surface area contributed by atoms with Crippen LogP contribution in [0.15, 0.2) is 53.4 Å². The average Bonchev–Trinajstić information content (AvgIpc) is 2.71. The number of carboxylic acids is 1. The van der Waals surface area contributed by atoms with Crippen LogP contribution in [0.4, 0.5) is 5.69 Å². The summed E-state index contributed by atoms with van der Waals surface area (Å²) in [6.07, 6.45) is 0. The van der Waals surface area contributed by atoms with Gasteiger partial charge in [0, 0.05) is 5.02 Å². The van der Waals surface area contributed by atoms with Gasteiger partial charge in [-0.1, -0.05) is 25.4 Å². The van der Waals surface area contributed by atoms with Gasteiger partial charge < -0.3 is 15.2 Å². The fraction of sp³-hybridized carbons (Fsp3) is 0.333. The van der Waals surface area contributed by atoms with Crippen molar-refractivity contribution in [2.75, 3.05) is 17.5 Å². The standard InChI is InChI=1S/C21H25ClN2O6S/c1-4-30-17-9-11-18(12-10-17)31(28,29)24(16-7-5-15(22)6-8-16)13-19(25)23-20(14(2)3)21(26)27/h5-12,14,20H,4,13H2,1-3H3,(H,23,25)(H,26,27). The van der Waals surface area contributed by atoms with Crippen LogP contribution in [0.25, 0.3) is 0 Å². The number of anilines is 1. The van der Waals surface area contributed by atoms with E-state index in [-0.39, 0.29) is 16.5 Å². The highest BCUT2D eigenvalue weighted by molar-refractivity contribution is 7.92. The summed E-state index contributed by atoms with van der Waals surface area (Å²) in [5.41, 5.74) is 0.213. The number of ether oxygens (including phenoxy) is 1. The predicted octanol–water partition coefficient (Wildman–Crippen LogP) is 3.16. The van der Waals surface area contributed by atoms with Crippen LogP contribution in [0.5, 0.6) is 5.75 Å². The Labute approximate surface area is 186 Å². The minimum absolute atomic E-state index is 0.0441. The number of halogens is 1. The zero-order valence-corrected chi connectivity index (χ0v) is 19.0. The molecule has 0 saturated carbocycles. The summed E-state index contributed by atoms with van der Waals surface area (Å²) in [5, 5.41) is 12.1. The number of hydrogen-bond acceptors (Lipinski definition) is 5. The fourth-order valence-electron chi connectivity index (χ4n) is 2.79. The van der Waals surface area contributed by atoms with Crippen LogP contribution in [0.1, 0.15) is 20.8 Å². The first-order chi connectivity index (χ1) is 14.6. The molecular formula is C21H25ClN2O6S. The molecule has 1 amide bonds. The number of rotatable bonds is 10. The summed E-state index contributed by atoms with van der Waals surface area (Å²) in [6, 6.07) is 10.6. The lowest BCUT2D eigenvalue weighted by Gasteiger charge is -2.26. The Morgan fingerprint density at radius 2 is 1.68 bits per heavy atom. The van der Waals surface area contributed by atoms with Crippen LogP contribution in [0.3, 0.4) is 0 Å². The molecular weight excluding hydrogens is 444 g/mol. The Hall–Kier alpha value is -2.78. The number of amides is 1. The van der Waals surface area contributed by atoms with Crippen molar-refractivity contribution < 1.29 is 27.9 Å². The third-order valence-corrected chi connectivity index (χ3v) is 6.41. The summed E-state index contributed by atoms with van der Waals surface area (Å²) < 4.78 is 32.9. The number of benzene rings is 2. The molecule has 0 bridgehead atoms. The van der Waals surface area contributed by atoms with E-state index < -0.39 is 34.5 Å². The minimum atomic E-state index is -4.14. The first-order valence-electron chi connectivity index (χ1n) is 9.59. The predicted molar refractivity (Wildman–Crippen MR) is 118 cm³/mol. The van der Waals surface area contributed by atoms with E-state index in [1.165, 1.54) is 48.5 Å². The Morgan fingerprint density at radius 1 is 1.10 bits per heavy atom. The van der Waals surface area contributed by atoms with Gasteiger partial charge in [-0.2, -0.15) is 0 Å². The van der Waals surface area contributed by atoms with E-state index in [9.17, 15) is 23.1 Å². The number of carbonyl (C=O) groups excluding carboxylic acids is 1. The van der Waals surface area contributed by atoms with E-state index in [0.29, 0.717) is 17.4 Å². The maximum Gasteiger partial charge on any atom is 0.326 e. The van der Waals surface area contributed by atoms with Crippen molar-refractivity contribution in [3.63, 3.8) is 0 Å². The average molecular weight is 469 g/mol. The highest BCUT2D eigenvalue weighted by Crippen LogP contribution is 2.26. The lowest BCUT2D eigenvalue weighted by Crippen LogP contribution is -2.49. The quantitative estimate of drug-likeness (QED) is 0.553. The zero-order chi connectivity index (χ0) is 23.2. The molecule has 0 aliphatic heterocycles. The van der Waals surface area contributed by atoms with Gasteiger partial charge in [-0.25, -0.2) is 13.2 Å². The summed E-state index contributed by atoms with van der Waals surface area (Å²) >= 11 is 5.91. The molecule has 31 heavy (non-hydrogen) atoms. The molecule has 2 aromatic carbocycles. The van der Waals surface area contributed by atoms with Gasteiger partial charge in [0.25, 0.3) is 10.0 Å². The first-order valence-corrected chi connectivity index (χ1v) is 11.4. The molecule has 0 aliphatic rings. The van der Waals surface area contributed by atoms with Gasteiger partial charge in [-0.3, -0.25) is 9.10 Å². The van der Waals surface area contributed by atoms with E-state index in [4.69, 9.17) is 16.3 Å². The fourth-order valence-corrected chi connectivity index (χ4v) is 4.33. The molecule has 2 aromatic rings. The van der Waals surface area contributed by atoms with Crippen LogP contribution in [-0.2, 0) is 19.6 Å². The second-order valence-electron chi connectivity index (χ2n) is 7.02. The summed E-state index contributed by atoms with van der Waals surface area (Å²) in [4.78, 5) is 24.0. The highest BCUT2D eigenvalue weighted by atomic mass is 35.5. The molecule has 2 N–H and O–H groups in total. The third-order valence-electron chi connectivity index (χ3n) is 4.37. The number of nitrogens with one attached hydrogen (secondary N) is 1. The van der Waals surface area contributed by atoms with Crippen LogP contribution >= 0.6 is 11.6 Å². The van der Waals surface area contributed by atoms with Crippen molar-refractivity contribution in [2.24, 2.45) is 5.92 Å². The summed E-state index contributed by atoms with van der Waals surface area (Å²) in [5.74, 6) is -1.81.